The van der Waals surface area contributed by atoms with Crippen molar-refractivity contribution in [1.82, 2.24) is 10.2 Å². The quantitative estimate of drug-likeness (QED) is 0.844. The van der Waals surface area contributed by atoms with Crippen molar-refractivity contribution in [2.24, 2.45) is 0 Å². The van der Waals surface area contributed by atoms with Crippen molar-refractivity contribution in [2.75, 3.05) is 0 Å². The fourth-order valence-electron chi connectivity index (χ4n) is 1.83. The van der Waals surface area contributed by atoms with Crippen LogP contribution >= 0.6 is 0 Å². The number of hydrogen-bond donors (Lipinski definition) is 1. The summed E-state index contributed by atoms with van der Waals surface area (Å²) in [6.45, 7) is 14.0. The molecule has 0 saturated carbocycles. The van der Waals surface area contributed by atoms with Crippen molar-refractivity contribution in [3.8, 4) is 0 Å². The summed E-state index contributed by atoms with van der Waals surface area (Å²) in [5, 5.41) is 8.83. The number of benzene rings is 1. The molecule has 0 bridgehead atoms. The van der Waals surface area contributed by atoms with Crippen LogP contribution in [-0.4, -0.2) is 18.5 Å². The molecule has 3 nitrogen and oxygen atoms in total. The van der Waals surface area contributed by atoms with Gasteiger partial charge in [-0.25, -0.2) is 0 Å². The standard InChI is InChI=1S/C15H24N2OSi/c1-11-13-9-7-8-12(14(13)17-16-11)10-18-19(5,6)15(2,3)4/h7-9H,10H2,1-6H3,(H,16,17). The van der Waals surface area contributed by atoms with E-state index in [1.165, 1.54) is 10.9 Å². The summed E-state index contributed by atoms with van der Waals surface area (Å²) < 4.78 is 6.29. The highest BCUT2D eigenvalue weighted by Crippen LogP contribution is 2.37. The van der Waals surface area contributed by atoms with Crippen LogP contribution in [0.25, 0.3) is 10.9 Å². The second kappa shape index (κ2) is 4.76. The first-order valence-electron chi connectivity index (χ1n) is 6.79. The lowest BCUT2D eigenvalue weighted by atomic mass is 10.1. The van der Waals surface area contributed by atoms with E-state index in [0.717, 1.165) is 11.2 Å². The van der Waals surface area contributed by atoms with Gasteiger partial charge in [0.25, 0.3) is 0 Å². The van der Waals surface area contributed by atoms with Crippen molar-refractivity contribution in [3.05, 3.63) is 29.5 Å². The molecule has 0 fully saturated rings. The molecule has 2 rings (SSSR count). The number of aromatic nitrogens is 2. The Balaban J connectivity index is 2.23. The Morgan fingerprint density at radius 3 is 2.58 bits per heavy atom. The predicted octanol–water partition coefficient (Wildman–Crippen LogP) is 4.39. The Labute approximate surface area is 116 Å². The van der Waals surface area contributed by atoms with Crippen LogP contribution in [0.1, 0.15) is 32.0 Å². The molecule has 0 aliphatic heterocycles. The normalized spacial score (nSPS) is 13.2. The average Bonchev–Trinajstić information content (AvgIpc) is 2.68. The summed E-state index contributed by atoms with van der Waals surface area (Å²) in [6.07, 6.45) is 0. The van der Waals surface area contributed by atoms with Crippen molar-refractivity contribution < 1.29 is 4.43 Å². The number of hydrogen-bond acceptors (Lipinski definition) is 2. The summed E-state index contributed by atoms with van der Waals surface area (Å²) in [4.78, 5) is 0. The van der Waals surface area contributed by atoms with Crippen molar-refractivity contribution in [3.63, 3.8) is 0 Å². The fourth-order valence-corrected chi connectivity index (χ4v) is 2.78. The van der Waals surface area contributed by atoms with Gasteiger partial charge in [0.15, 0.2) is 8.32 Å². The molecule has 1 N–H and O–H groups in total. The van der Waals surface area contributed by atoms with Crippen LogP contribution < -0.4 is 0 Å². The minimum atomic E-state index is -1.70. The number of rotatable bonds is 3. The molecule has 0 saturated heterocycles. The Morgan fingerprint density at radius 1 is 1.26 bits per heavy atom. The lowest BCUT2D eigenvalue weighted by Crippen LogP contribution is -2.40. The van der Waals surface area contributed by atoms with E-state index in [4.69, 9.17) is 4.43 Å². The molecule has 0 aliphatic rings. The maximum atomic E-state index is 6.29. The summed E-state index contributed by atoms with van der Waals surface area (Å²) in [5.41, 5.74) is 3.35. The van der Waals surface area contributed by atoms with Crippen LogP contribution in [-0.2, 0) is 11.0 Å². The highest BCUT2D eigenvalue weighted by atomic mass is 28.4. The smallest absolute Gasteiger partial charge is 0.192 e. The van der Waals surface area contributed by atoms with Gasteiger partial charge in [-0.1, -0.05) is 39.0 Å². The Morgan fingerprint density at radius 2 is 1.95 bits per heavy atom. The zero-order chi connectivity index (χ0) is 14.3. The van der Waals surface area contributed by atoms with Crippen molar-refractivity contribution in [2.45, 2.75) is 52.4 Å². The molecule has 0 aliphatic carbocycles. The highest BCUT2D eigenvalue weighted by molar-refractivity contribution is 6.74. The maximum absolute atomic E-state index is 6.29. The Bertz CT molecular complexity index is 581. The summed E-state index contributed by atoms with van der Waals surface area (Å²) in [6, 6.07) is 6.30. The largest absolute Gasteiger partial charge is 0.412 e. The van der Waals surface area contributed by atoms with Crippen LogP contribution in [0, 0.1) is 6.92 Å². The molecule has 0 unspecified atom stereocenters. The lowest BCUT2D eigenvalue weighted by molar-refractivity contribution is 0.277. The van der Waals surface area contributed by atoms with Gasteiger partial charge in [-0.2, -0.15) is 5.10 Å². The third-order valence-corrected chi connectivity index (χ3v) is 8.75. The van der Waals surface area contributed by atoms with Crippen LogP contribution in [0.3, 0.4) is 0 Å². The van der Waals surface area contributed by atoms with E-state index < -0.39 is 8.32 Å². The molecule has 1 heterocycles. The number of H-pyrrole nitrogens is 1. The monoisotopic (exact) mass is 276 g/mol. The van der Waals surface area contributed by atoms with Crippen molar-refractivity contribution in [1.29, 1.82) is 0 Å². The van der Waals surface area contributed by atoms with Gasteiger partial charge in [-0.3, -0.25) is 5.10 Å². The average molecular weight is 276 g/mol. The lowest BCUT2D eigenvalue weighted by Gasteiger charge is -2.36. The first-order valence-corrected chi connectivity index (χ1v) is 9.70. The fraction of sp³-hybridized carbons (Fsp3) is 0.533. The maximum Gasteiger partial charge on any atom is 0.192 e. The topological polar surface area (TPSA) is 37.9 Å². The second-order valence-electron chi connectivity index (χ2n) is 6.70. The third kappa shape index (κ3) is 2.74. The van der Waals surface area contributed by atoms with E-state index in [1.807, 2.05) is 6.92 Å². The number of fused-ring (bicyclic) bond motifs is 1. The molecular weight excluding hydrogens is 252 g/mol. The van der Waals surface area contributed by atoms with Gasteiger partial charge >= 0.3 is 0 Å². The highest BCUT2D eigenvalue weighted by Gasteiger charge is 2.37. The zero-order valence-corrected chi connectivity index (χ0v) is 13.8. The van der Waals surface area contributed by atoms with Gasteiger partial charge in [0.05, 0.1) is 17.8 Å². The minimum absolute atomic E-state index is 0.241. The van der Waals surface area contributed by atoms with E-state index in [-0.39, 0.29) is 5.04 Å². The minimum Gasteiger partial charge on any atom is -0.412 e. The number of para-hydroxylation sites is 1. The van der Waals surface area contributed by atoms with E-state index >= 15 is 0 Å². The Kier molecular flexibility index (Phi) is 3.58. The molecule has 0 spiro atoms. The van der Waals surface area contributed by atoms with Gasteiger partial charge in [-0.15, -0.1) is 0 Å². The van der Waals surface area contributed by atoms with Gasteiger partial charge in [0.2, 0.25) is 0 Å². The molecule has 4 heteroatoms. The SMILES string of the molecule is Cc1n[nH]c2c(CO[Si](C)(C)C(C)(C)C)cccc12. The Hall–Kier alpha value is -1.13. The first-order chi connectivity index (χ1) is 8.72. The van der Waals surface area contributed by atoms with Gasteiger partial charge in [-0.05, 0) is 25.1 Å². The van der Waals surface area contributed by atoms with Gasteiger partial charge < -0.3 is 4.43 Å². The van der Waals surface area contributed by atoms with Crippen LogP contribution in [0.2, 0.25) is 18.1 Å². The number of nitrogens with zero attached hydrogens (tertiary/aromatic N) is 1. The number of aromatic amines is 1. The molecule has 19 heavy (non-hydrogen) atoms. The molecule has 1 aromatic carbocycles. The van der Waals surface area contributed by atoms with Crippen LogP contribution in [0.4, 0.5) is 0 Å². The number of nitrogens with one attached hydrogen (secondary N) is 1. The first kappa shape index (κ1) is 14.3. The van der Waals surface area contributed by atoms with E-state index in [0.29, 0.717) is 6.61 Å². The molecule has 0 atom stereocenters. The van der Waals surface area contributed by atoms with Crippen LogP contribution in [0.5, 0.6) is 0 Å². The summed E-state index contributed by atoms with van der Waals surface area (Å²) >= 11 is 0. The molecule has 0 radical (unpaired) electrons. The van der Waals surface area contributed by atoms with Crippen molar-refractivity contribution >= 4 is 19.2 Å². The van der Waals surface area contributed by atoms with Gasteiger partial charge in [0, 0.05) is 10.9 Å². The molecular formula is C15H24N2OSi. The molecule has 1 aromatic heterocycles. The summed E-state index contributed by atoms with van der Waals surface area (Å²) in [5.74, 6) is 0. The molecule has 2 aromatic rings. The van der Waals surface area contributed by atoms with E-state index in [9.17, 15) is 0 Å². The zero-order valence-electron chi connectivity index (χ0n) is 12.8. The number of aryl methyl sites for hydroxylation is 1. The molecule has 0 amide bonds. The van der Waals surface area contributed by atoms with Gasteiger partial charge in [0.1, 0.15) is 0 Å². The summed E-state index contributed by atoms with van der Waals surface area (Å²) in [7, 11) is -1.70. The van der Waals surface area contributed by atoms with Crippen LogP contribution in [0.15, 0.2) is 18.2 Å². The van der Waals surface area contributed by atoms with E-state index in [1.54, 1.807) is 0 Å². The molecule has 104 valence electrons. The third-order valence-electron chi connectivity index (χ3n) is 4.27. The van der Waals surface area contributed by atoms with E-state index in [2.05, 4.69) is 62.3 Å². The second-order valence-corrected chi connectivity index (χ2v) is 11.5. The predicted molar refractivity (Wildman–Crippen MR) is 82.8 cm³/mol.